The monoisotopic (exact) mass is 407 g/mol. The second-order valence-electron chi connectivity index (χ2n) is 7.32. The number of allylic oxidation sites excluding steroid dienone is 2. The normalized spacial score (nSPS) is 19.2. The highest BCUT2D eigenvalue weighted by Gasteiger charge is 2.38. The third-order valence-electron chi connectivity index (χ3n) is 5.65. The molecule has 0 aliphatic heterocycles. The number of nitrogens with zero attached hydrogens (tertiary/aromatic N) is 2. The maximum Gasteiger partial charge on any atom is 0.274 e. The van der Waals surface area contributed by atoms with Crippen molar-refractivity contribution in [2.75, 3.05) is 5.32 Å². The number of nitrogens with one attached hydrogen (secondary N) is 1. The number of pyridine rings is 1. The van der Waals surface area contributed by atoms with Crippen LogP contribution in [-0.4, -0.2) is 25.7 Å². The zero-order chi connectivity index (χ0) is 20.1. The molecule has 2 aromatic heterocycles. The summed E-state index contributed by atoms with van der Waals surface area (Å²) in [5.74, 6) is -0.0950. The van der Waals surface area contributed by atoms with Gasteiger partial charge in [0.2, 0.25) is 11.8 Å². The highest BCUT2D eigenvalue weighted by Crippen LogP contribution is 2.54. The molecule has 6 nitrogen and oxygen atoms in total. The number of anilines is 1. The molecule has 3 aliphatic rings. The van der Waals surface area contributed by atoms with Gasteiger partial charge in [-0.2, -0.15) is 0 Å². The molecule has 29 heavy (non-hydrogen) atoms. The first kappa shape index (κ1) is 17.8. The Balaban J connectivity index is 1.50. The van der Waals surface area contributed by atoms with Crippen molar-refractivity contribution < 1.29 is 15.0 Å². The smallest absolute Gasteiger partial charge is 0.274 e. The maximum atomic E-state index is 12.3. The van der Waals surface area contributed by atoms with E-state index >= 15 is 0 Å². The van der Waals surface area contributed by atoms with Gasteiger partial charge in [0.15, 0.2) is 0 Å². The van der Waals surface area contributed by atoms with Crippen LogP contribution in [-0.2, 0) is 0 Å². The Hall–Kier alpha value is -3.25. The molecule has 3 N–H and O–H groups in total. The molecule has 7 heteroatoms. The van der Waals surface area contributed by atoms with Crippen molar-refractivity contribution in [3.63, 3.8) is 0 Å². The number of amides is 1. The van der Waals surface area contributed by atoms with Gasteiger partial charge in [-0.3, -0.25) is 9.78 Å². The lowest BCUT2D eigenvalue weighted by Crippen LogP contribution is -2.15. The van der Waals surface area contributed by atoms with E-state index in [1.165, 1.54) is 4.57 Å². The Bertz CT molecular complexity index is 1120. The highest BCUT2D eigenvalue weighted by atomic mass is 35.5. The van der Waals surface area contributed by atoms with Gasteiger partial charge in [-0.15, -0.1) is 0 Å². The van der Waals surface area contributed by atoms with Crippen LogP contribution in [0.4, 0.5) is 5.69 Å². The quantitative estimate of drug-likeness (QED) is 0.548. The van der Waals surface area contributed by atoms with Crippen molar-refractivity contribution in [1.29, 1.82) is 0 Å². The van der Waals surface area contributed by atoms with Gasteiger partial charge in [0.25, 0.3) is 5.91 Å². The Morgan fingerprint density at radius 1 is 1.07 bits per heavy atom. The van der Waals surface area contributed by atoms with Gasteiger partial charge in [0.1, 0.15) is 5.69 Å². The molecule has 0 spiro atoms. The fourth-order valence-corrected chi connectivity index (χ4v) is 4.57. The number of fused-ring (bicyclic) bond motifs is 1. The van der Waals surface area contributed by atoms with Crippen molar-refractivity contribution in [1.82, 2.24) is 9.55 Å². The van der Waals surface area contributed by atoms with E-state index in [-0.39, 0.29) is 29.5 Å². The average molecular weight is 408 g/mol. The maximum absolute atomic E-state index is 12.3. The van der Waals surface area contributed by atoms with Crippen LogP contribution in [0.25, 0.3) is 5.69 Å². The van der Waals surface area contributed by atoms with E-state index in [1.54, 1.807) is 42.6 Å². The van der Waals surface area contributed by atoms with Crippen LogP contribution >= 0.6 is 11.6 Å². The molecule has 3 aliphatic carbocycles. The molecule has 0 saturated heterocycles. The van der Waals surface area contributed by atoms with Crippen molar-refractivity contribution in [2.24, 2.45) is 0 Å². The van der Waals surface area contributed by atoms with E-state index in [0.29, 0.717) is 22.1 Å². The number of hydrogen-bond donors (Lipinski definition) is 3. The molecule has 2 bridgehead atoms. The third kappa shape index (κ3) is 2.79. The summed E-state index contributed by atoms with van der Waals surface area (Å²) in [7, 11) is 0. The second kappa shape index (κ2) is 6.67. The minimum absolute atomic E-state index is 0.0173. The van der Waals surface area contributed by atoms with Crippen molar-refractivity contribution in [3.8, 4) is 17.4 Å². The number of hydrogen-bond acceptors (Lipinski definition) is 4. The number of carbonyl (C=O) groups is 1. The fraction of sp³-hybridized carbons (Fsp3) is 0.182. The van der Waals surface area contributed by atoms with Crippen molar-refractivity contribution in [2.45, 2.75) is 24.7 Å². The van der Waals surface area contributed by atoms with Crippen LogP contribution in [0.5, 0.6) is 11.8 Å². The molecule has 2 atom stereocenters. The molecular weight excluding hydrogens is 390 g/mol. The number of halogens is 1. The molecule has 0 saturated carbocycles. The number of rotatable bonds is 3. The molecule has 3 aromatic rings. The summed E-state index contributed by atoms with van der Waals surface area (Å²) in [5, 5.41) is 24.7. The lowest BCUT2D eigenvalue weighted by Gasteiger charge is -2.30. The summed E-state index contributed by atoms with van der Waals surface area (Å²) in [4.78, 5) is 16.3. The van der Waals surface area contributed by atoms with Gasteiger partial charge in [-0.25, -0.2) is 4.57 Å². The van der Waals surface area contributed by atoms with E-state index < -0.39 is 0 Å². The summed E-state index contributed by atoms with van der Waals surface area (Å²) >= 11 is 6.46. The Morgan fingerprint density at radius 2 is 1.76 bits per heavy atom. The second-order valence-corrected chi connectivity index (χ2v) is 7.73. The van der Waals surface area contributed by atoms with E-state index in [1.807, 2.05) is 0 Å². The first-order valence-electron chi connectivity index (χ1n) is 9.41. The summed E-state index contributed by atoms with van der Waals surface area (Å²) in [5.41, 5.74) is 2.80. The zero-order valence-electron chi connectivity index (χ0n) is 15.3. The predicted molar refractivity (Wildman–Crippen MR) is 110 cm³/mol. The Morgan fingerprint density at radius 3 is 2.31 bits per heavy atom. The molecule has 1 amide bonds. The summed E-state index contributed by atoms with van der Waals surface area (Å²) in [6.45, 7) is 0. The van der Waals surface area contributed by atoms with Crippen molar-refractivity contribution >= 4 is 23.2 Å². The molecule has 2 unspecified atom stereocenters. The van der Waals surface area contributed by atoms with Gasteiger partial charge >= 0.3 is 0 Å². The standard InChI is InChI=1S/C22H18ClN3O3/c23-15-11-14(25-20(27)16-3-1-2-10-24-16)8-9-17(15)26-21(28)18-12-4-5-13(7-6-12)19(18)22(26)29/h1-5,8-13,28-29H,6-7H2,(H,25,27). The summed E-state index contributed by atoms with van der Waals surface area (Å²) in [6, 6.07) is 10.0. The molecule has 146 valence electrons. The van der Waals surface area contributed by atoms with Gasteiger partial charge < -0.3 is 15.5 Å². The number of carbonyl (C=O) groups excluding carboxylic acids is 1. The first-order chi connectivity index (χ1) is 14.0. The van der Waals surface area contributed by atoms with Crippen LogP contribution in [0.2, 0.25) is 5.02 Å². The average Bonchev–Trinajstić information content (AvgIpc) is 3.02. The van der Waals surface area contributed by atoms with Crippen LogP contribution in [0.3, 0.4) is 0 Å². The predicted octanol–water partition coefficient (Wildman–Crippen LogP) is 4.72. The SMILES string of the molecule is O=C(Nc1ccc(-n2c(O)c3c(c2O)C2C=CC3CC2)c(Cl)c1)c1ccccn1. The fourth-order valence-electron chi connectivity index (χ4n) is 4.30. The number of aromatic nitrogens is 2. The minimum Gasteiger partial charge on any atom is -0.494 e. The molecular formula is C22H18ClN3O3. The van der Waals surface area contributed by atoms with Crippen LogP contribution < -0.4 is 5.32 Å². The Kier molecular flexibility index (Phi) is 4.10. The first-order valence-corrected chi connectivity index (χ1v) is 9.79. The van der Waals surface area contributed by atoms with E-state index in [0.717, 1.165) is 24.0 Å². The van der Waals surface area contributed by atoms with Gasteiger partial charge in [-0.05, 0) is 43.2 Å². The van der Waals surface area contributed by atoms with E-state index in [2.05, 4.69) is 22.5 Å². The minimum atomic E-state index is -0.348. The van der Waals surface area contributed by atoms with Crippen LogP contribution in [0.15, 0.2) is 54.7 Å². The third-order valence-corrected chi connectivity index (χ3v) is 5.95. The summed E-state index contributed by atoms with van der Waals surface area (Å²) < 4.78 is 1.38. The molecule has 0 radical (unpaired) electrons. The highest BCUT2D eigenvalue weighted by molar-refractivity contribution is 6.32. The largest absolute Gasteiger partial charge is 0.494 e. The Labute approximate surface area is 172 Å². The zero-order valence-corrected chi connectivity index (χ0v) is 16.1. The molecule has 6 rings (SSSR count). The van der Waals surface area contributed by atoms with E-state index in [9.17, 15) is 15.0 Å². The lowest BCUT2D eigenvalue weighted by atomic mass is 9.73. The lowest BCUT2D eigenvalue weighted by molar-refractivity contribution is 0.102. The van der Waals surface area contributed by atoms with Gasteiger partial charge in [0.05, 0.1) is 10.7 Å². The van der Waals surface area contributed by atoms with Crippen LogP contribution in [0, 0.1) is 0 Å². The van der Waals surface area contributed by atoms with Crippen LogP contribution in [0.1, 0.15) is 46.3 Å². The number of aromatic hydroxyl groups is 2. The summed E-state index contributed by atoms with van der Waals surface area (Å²) in [6.07, 6.45) is 7.65. The van der Waals surface area contributed by atoms with Gasteiger partial charge in [0, 0.05) is 34.8 Å². The molecule has 0 fully saturated rings. The topological polar surface area (TPSA) is 87.4 Å². The van der Waals surface area contributed by atoms with Gasteiger partial charge in [-0.1, -0.05) is 29.8 Å². The molecule has 2 heterocycles. The van der Waals surface area contributed by atoms with Crippen molar-refractivity contribution in [3.05, 3.63) is 76.6 Å². The van der Waals surface area contributed by atoms with E-state index in [4.69, 9.17) is 11.6 Å². The number of benzene rings is 1. The molecule has 1 aromatic carbocycles.